The summed E-state index contributed by atoms with van der Waals surface area (Å²) < 4.78 is 64.4. The second-order valence-corrected chi connectivity index (χ2v) is 8.45. The summed E-state index contributed by atoms with van der Waals surface area (Å²) in [5, 5.41) is -0.315. The summed E-state index contributed by atoms with van der Waals surface area (Å²) in [7, 11) is -4.06. The molecule has 3 aromatic rings. The average molecular weight is 498 g/mol. The average Bonchev–Trinajstić information content (AvgIpc) is 3.04. The number of hydrazine groups is 1. The van der Waals surface area contributed by atoms with E-state index in [0.29, 0.717) is 10.5 Å². The van der Waals surface area contributed by atoms with E-state index in [9.17, 15) is 26.4 Å². The van der Waals surface area contributed by atoms with E-state index in [4.69, 9.17) is 11.6 Å². The summed E-state index contributed by atoms with van der Waals surface area (Å²) in [6.07, 6.45) is -2.92. The van der Waals surface area contributed by atoms with Crippen LogP contribution in [0.4, 0.5) is 13.2 Å². The zero-order valence-electron chi connectivity index (χ0n) is 13.5. The fourth-order valence-corrected chi connectivity index (χ4v) is 3.53. The third kappa shape index (κ3) is 4.29. The number of imidazole rings is 1. The predicted molar refractivity (Wildman–Crippen MR) is 97.1 cm³/mol. The zero-order valence-corrected chi connectivity index (χ0v) is 16.6. The molecule has 0 radical (unpaired) electrons. The van der Waals surface area contributed by atoms with Gasteiger partial charge in [-0.15, -0.1) is 4.83 Å². The molecule has 148 valence electrons. The minimum Gasteiger partial charge on any atom is -0.304 e. The lowest BCUT2D eigenvalue weighted by Crippen LogP contribution is -2.41. The number of nitrogens with zero attached hydrogens (tertiary/aromatic N) is 2. The SMILES string of the molecule is O=C(NNS(=O)(=O)c1ccc(Br)cc1)c1cn2cc(C(F)(F)F)cc(Cl)c2n1. The number of carbonyl (C=O) groups is 1. The van der Waals surface area contributed by atoms with Gasteiger partial charge in [0.2, 0.25) is 0 Å². The van der Waals surface area contributed by atoms with Gasteiger partial charge in [0.1, 0.15) is 5.69 Å². The molecule has 7 nitrogen and oxygen atoms in total. The standard InChI is InChI=1S/C15H9BrClF3N4O3S/c16-9-1-3-10(4-2-9)28(26,27)23-22-14(25)12-7-24-6-8(15(18,19)20)5-11(17)13(24)21-12/h1-7,23H,(H,22,25). The molecule has 1 amide bonds. The molecule has 0 spiro atoms. The molecule has 0 aliphatic carbocycles. The first-order valence-corrected chi connectivity index (χ1v) is 9.96. The third-order valence-electron chi connectivity index (χ3n) is 3.49. The van der Waals surface area contributed by atoms with Crippen molar-refractivity contribution in [1.29, 1.82) is 0 Å². The van der Waals surface area contributed by atoms with Gasteiger partial charge in [-0.05, 0) is 30.3 Å². The van der Waals surface area contributed by atoms with Gasteiger partial charge in [0, 0.05) is 16.9 Å². The first-order valence-electron chi connectivity index (χ1n) is 7.30. The van der Waals surface area contributed by atoms with E-state index < -0.39 is 27.7 Å². The van der Waals surface area contributed by atoms with Crippen molar-refractivity contribution in [3.63, 3.8) is 0 Å². The lowest BCUT2D eigenvalue weighted by Gasteiger charge is -2.07. The maximum absolute atomic E-state index is 12.8. The number of hydrogen-bond donors (Lipinski definition) is 2. The van der Waals surface area contributed by atoms with Crippen molar-refractivity contribution in [3.8, 4) is 0 Å². The van der Waals surface area contributed by atoms with Crippen molar-refractivity contribution in [2.45, 2.75) is 11.1 Å². The van der Waals surface area contributed by atoms with Gasteiger partial charge in [-0.3, -0.25) is 10.2 Å². The molecule has 13 heteroatoms. The number of aromatic nitrogens is 2. The number of benzene rings is 1. The summed E-state index contributed by atoms with van der Waals surface area (Å²) in [6, 6.07) is 6.29. The smallest absolute Gasteiger partial charge is 0.304 e. The highest BCUT2D eigenvalue weighted by Crippen LogP contribution is 2.32. The number of halogens is 5. The van der Waals surface area contributed by atoms with Crippen LogP contribution in [-0.2, 0) is 16.2 Å². The highest BCUT2D eigenvalue weighted by atomic mass is 79.9. The summed E-state index contributed by atoms with van der Waals surface area (Å²) >= 11 is 8.97. The maximum atomic E-state index is 12.8. The van der Waals surface area contributed by atoms with E-state index in [1.165, 1.54) is 24.3 Å². The van der Waals surface area contributed by atoms with Crippen molar-refractivity contribution in [1.82, 2.24) is 19.6 Å². The fourth-order valence-electron chi connectivity index (χ4n) is 2.17. The van der Waals surface area contributed by atoms with Crippen LogP contribution in [0.5, 0.6) is 0 Å². The molecular formula is C15H9BrClF3N4O3S. The van der Waals surface area contributed by atoms with E-state index in [2.05, 4.69) is 20.9 Å². The highest BCUT2D eigenvalue weighted by Gasteiger charge is 2.32. The third-order valence-corrected chi connectivity index (χ3v) is 5.56. The predicted octanol–water partition coefficient (Wildman–Crippen LogP) is 3.39. The van der Waals surface area contributed by atoms with Crippen LogP contribution in [0.1, 0.15) is 16.1 Å². The molecule has 0 aliphatic heterocycles. The van der Waals surface area contributed by atoms with Gasteiger partial charge in [0.05, 0.1) is 15.5 Å². The minimum absolute atomic E-state index is 0.0874. The second kappa shape index (κ2) is 7.35. The molecule has 0 unspecified atom stereocenters. The van der Waals surface area contributed by atoms with Crippen LogP contribution >= 0.6 is 27.5 Å². The van der Waals surface area contributed by atoms with Gasteiger partial charge in [0.25, 0.3) is 15.9 Å². The summed E-state index contributed by atoms with van der Waals surface area (Å²) in [6.45, 7) is 0. The number of rotatable bonds is 4. The quantitative estimate of drug-likeness (QED) is 0.541. The van der Waals surface area contributed by atoms with Crippen LogP contribution in [0.15, 0.2) is 52.1 Å². The molecule has 0 saturated carbocycles. The molecule has 0 fully saturated rings. The number of nitrogens with one attached hydrogen (secondary N) is 2. The molecule has 2 N–H and O–H groups in total. The molecule has 0 atom stereocenters. The van der Waals surface area contributed by atoms with Crippen molar-refractivity contribution >= 4 is 49.1 Å². The van der Waals surface area contributed by atoms with Gasteiger partial charge >= 0.3 is 6.18 Å². The van der Waals surface area contributed by atoms with Crippen LogP contribution in [0.3, 0.4) is 0 Å². The Kier molecular flexibility index (Phi) is 5.40. The molecule has 3 rings (SSSR count). The molecule has 2 aromatic heterocycles. The molecule has 2 heterocycles. The normalized spacial score (nSPS) is 12.3. The van der Waals surface area contributed by atoms with E-state index in [1.54, 1.807) is 0 Å². The Morgan fingerprint density at radius 1 is 1.18 bits per heavy atom. The van der Waals surface area contributed by atoms with Crippen LogP contribution in [0, 0.1) is 0 Å². The maximum Gasteiger partial charge on any atom is 0.417 e. The van der Waals surface area contributed by atoms with E-state index in [0.717, 1.165) is 16.8 Å². The van der Waals surface area contributed by atoms with Gasteiger partial charge in [-0.25, -0.2) is 13.4 Å². The van der Waals surface area contributed by atoms with E-state index >= 15 is 0 Å². The fraction of sp³-hybridized carbons (Fsp3) is 0.0667. The lowest BCUT2D eigenvalue weighted by atomic mass is 10.3. The van der Waals surface area contributed by atoms with E-state index in [-0.39, 0.29) is 21.3 Å². The van der Waals surface area contributed by atoms with Crippen LogP contribution in [-0.4, -0.2) is 23.7 Å². The van der Waals surface area contributed by atoms with Gasteiger partial charge in [-0.2, -0.15) is 13.2 Å². The Hall–Kier alpha value is -2.15. The van der Waals surface area contributed by atoms with Gasteiger partial charge < -0.3 is 4.40 Å². The topological polar surface area (TPSA) is 92.6 Å². The monoisotopic (exact) mass is 496 g/mol. The number of amides is 1. The molecule has 28 heavy (non-hydrogen) atoms. The van der Waals surface area contributed by atoms with E-state index in [1.807, 2.05) is 10.3 Å². The minimum atomic E-state index is -4.63. The summed E-state index contributed by atoms with van der Waals surface area (Å²) in [4.78, 5) is 17.8. The van der Waals surface area contributed by atoms with Crippen molar-refractivity contribution in [3.05, 3.63) is 63.5 Å². The van der Waals surface area contributed by atoms with Crippen LogP contribution in [0.2, 0.25) is 5.02 Å². The Balaban J connectivity index is 1.82. The molecule has 1 aromatic carbocycles. The number of pyridine rings is 1. The van der Waals surface area contributed by atoms with Crippen molar-refractivity contribution in [2.75, 3.05) is 0 Å². The van der Waals surface area contributed by atoms with Gasteiger partial charge in [-0.1, -0.05) is 27.5 Å². The molecule has 0 bridgehead atoms. The summed E-state index contributed by atoms with van der Waals surface area (Å²) in [5.74, 6) is -0.978. The Bertz CT molecular complexity index is 1160. The molecular weight excluding hydrogens is 489 g/mol. The van der Waals surface area contributed by atoms with Crippen LogP contribution in [0.25, 0.3) is 5.65 Å². The Morgan fingerprint density at radius 2 is 1.82 bits per heavy atom. The first kappa shape index (κ1) is 20.6. The highest BCUT2D eigenvalue weighted by molar-refractivity contribution is 9.10. The summed E-state index contributed by atoms with van der Waals surface area (Å²) in [5.41, 5.74) is 0.504. The Labute approximate surface area is 169 Å². The van der Waals surface area contributed by atoms with Crippen LogP contribution < -0.4 is 10.3 Å². The molecule has 0 aliphatic rings. The molecule has 0 saturated heterocycles. The number of carbonyl (C=O) groups excluding carboxylic acids is 1. The zero-order chi connectivity index (χ0) is 20.7. The Morgan fingerprint density at radius 3 is 2.43 bits per heavy atom. The number of fused-ring (bicyclic) bond motifs is 1. The second-order valence-electron chi connectivity index (χ2n) is 5.45. The van der Waals surface area contributed by atoms with Gasteiger partial charge in [0.15, 0.2) is 5.65 Å². The first-order chi connectivity index (χ1) is 13.0. The number of alkyl halides is 3. The number of sulfonamides is 1. The van der Waals surface area contributed by atoms with Crippen molar-refractivity contribution in [2.24, 2.45) is 0 Å². The van der Waals surface area contributed by atoms with Crippen molar-refractivity contribution < 1.29 is 26.4 Å². The number of hydrogen-bond acceptors (Lipinski definition) is 4. The lowest BCUT2D eigenvalue weighted by molar-refractivity contribution is -0.137. The largest absolute Gasteiger partial charge is 0.417 e.